The van der Waals surface area contributed by atoms with E-state index in [0.717, 1.165) is 6.07 Å². The van der Waals surface area contributed by atoms with Gasteiger partial charge in [0.25, 0.3) is 0 Å². The third-order valence-electron chi connectivity index (χ3n) is 2.06. The normalized spacial score (nSPS) is 10.6. The van der Waals surface area contributed by atoms with Crippen molar-refractivity contribution in [1.82, 2.24) is 0 Å². The Morgan fingerprint density at radius 3 is 2.71 bits per heavy atom. The molecule has 0 radical (unpaired) electrons. The average Bonchev–Trinajstić information content (AvgIpc) is 2.26. The molecule has 1 rings (SSSR count). The van der Waals surface area contributed by atoms with Crippen molar-refractivity contribution in [3.8, 4) is 5.75 Å². The van der Waals surface area contributed by atoms with Gasteiger partial charge in [0.2, 0.25) is 5.75 Å². The van der Waals surface area contributed by atoms with Crippen molar-refractivity contribution in [3.05, 3.63) is 33.9 Å². The van der Waals surface area contributed by atoms with Crippen LogP contribution in [-0.4, -0.2) is 17.4 Å². The van der Waals surface area contributed by atoms with E-state index in [4.69, 9.17) is 11.6 Å². The molecule has 0 aliphatic carbocycles. The Labute approximate surface area is 101 Å². The molecule has 0 unspecified atom stereocenters. The van der Waals surface area contributed by atoms with Gasteiger partial charge in [-0.05, 0) is 12.8 Å². The molecule has 0 saturated carbocycles. The third kappa shape index (κ3) is 3.81. The second-order valence-electron chi connectivity index (χ2n) is 3.19. The van der Waals surface area contributed by atoms with E-state index in [9.17, 15) is 18.9 Å². The van der Waals surface area contributed by atoms with Gasteiger partial charge in [0.1, 0.15) is 0 Å². The van der Waals surface area contributed by atoms with Crippen LogP contribution in [0.2, 0.25) is 0 Å². The fourth-order valence-corrected chi connectivity index (χ4v) is 1.53. The minimum atomic E-state index is -3.09. The molecule has 0 spiro atoms. The first-order valence-electron chi connectivity index (χ1n) is 4.83. The Kier molecular flexibility index (Phi) is 5.09. The van der Waals surface area contributed by atoms with E-state index in [2.05, 4.69) is 4.74 Å². The van der Waals surface area contributed by atoms with E-state index in [1.54, 1.807) is 0 Å². The predicted molar refractivity (Wildman–Crippen MR) is 58.8 cm³/mol. The molecule has 0 heterocycles. The van der Waals surface area contributed by atoms with Crippen LogP contribution in [0.15, 0.2) is 18.2 Å². The summed E-state index contributed by atoms with van der Waals surface area (Å²) < 4.78 is 28.6. The van der Waals surface area contributed by atoms with Crippen molar-refractivity contribution in [3.63, 3.8) is 0 Å². The molecular formula is C10H10ClF2NO3. The largest absolute Gasteiger partial charge is 0.427 e. The van der Waals surface area contributed by atoms with Gasteiger partial charge in [-0.15, -0.1) is 11.6 Å². The minimum absolute atomic E-state index is 0.344. The lowest BCUT2D eigenvalue weighted by molar-refractivity contribution is -0.386. The molecule has 17 heavy (non-hydrogen) atoms. The first-order chi connectivity index (χ1) is 8.06. The summed E-state index contributed by atoms with van der Waals surface area (Å²) in [6.07, 6.45) is 0.884. The van der Waals surface area contributed by atoms with Crippen molar-refractivity contribution in [2.75, 3.05) is 5.88 Å². The summed E-state index contributed by atoms with van der Waals surface area (Å²) in [5, 5.41) is 10.7. The van der Waals surface area contributed by atoms with Crippen LogP contribution >= 0.6 is 11.6 Å². The standard InChI is InChI=1S/C10H10ClF2NO3/c11-6-2-4-7-3-1-5-8(14(15)16)9(7)17-10(12)13/h1,3,5,10H,2,4,6H2. The molecule has 0 aliphatic rings. The average molecular weight is 266 g/mol. The number of benzene rings is 1. The number of para-hydroxylation sites is 1. The molecule has 0 bridgehead atoms. The van der Waals surface area contributed by atoms with Crippen LogP contribution in [0.3, 0.4) is 0 Å². The second-order valence-corrected chi connectivity index (χ2v) is 3.57. The lowest BCUT2D eigenvalue weighted by Gasteiger charge is -2.10. The molecule has 0 N–H and O–H groups in total. The quantitative estimate of drug-likeness (QED) is 0.450. The first-order valence-corrected chi connectivity index (χ1v) is 5.36. The molecule has 0 fully saturated rings. The Morgan fingerprint density at radius 1 is 1.47 bits per heavy atom. The van der Waals surface area contributed by atoms with Crippen molar-refractivity contribution < 1.29 is 18.4 Å². The molecule has 0 aromatic heterocycles. The highest BCUT2D eigenvalue weighted by molar-refractivity contribution is 6.17. The number of hydrogen-bond donors (Lipinski definition) is 0. The predicted octanol–water partition coefficient (Wildman–Crippen LogP) is 3.37. The van der Waals surface area contributed by atoms with E-state index >= 15 is 0 Å². The second kappa shape index (κ2) is 6.34. The van der Waals surface area contributed by atoms with Crippen LogP contribution in [0.4, 0.5) is 14.5 Å². The van der Waals surface area contributed by atoms with Gasteiger partial charge < -0.3 is 4.74 Å². The summed E-state index contributed by atoms with van der Waals surface area (Å²) in [5.74, 6) is -0.0331. The molecule has 1 aromatic rings. The fraction of sp³-hybridized carbons (Fsp3) is 0.400. The molecular weight excluding hydrogens is 256 g/mol. The van der Waals surface area contributed by atoms with Crippen molar-refractivity contribution in [2.45, 2.75) is 19.5 Å². The molecule has 4 nitrogen and oxygen atoms in total. The molecule has 1 aromatic carbocycles. The molecule has 7 heteroatoms. The smallest absolute Gasteiger partial charge is 0.387 e. The zero-order valence-corrected chi connectivity index (χ0v) is 9.49. The van der Waals surface area contributed by atoms with Crippen molar-refractivity contribution in [1.29, 1.82) is 0 Å². The van der Waals surface area contributed by atoms with Crippen LogP contribution in [0.5, 0.6) is 5.75 Å². The van der Waals surface area contributed by atoms with E-state index in [1.165, 1.54) is 12.1 Å². The minimum Gasteiger partial charge on any atom is -0.427 e. The van der Waals surface area contributed by atoms with E-state index in [1.807, 2.05) is 0 Å². The number of hydrogen-bond acceptors (Lipinski definition) is 3. The number of ether oxygens (including phenoxy) is 1. The first kappa shape index (κ1) is 13.6. The number of alkyl halides is 3. The lowest BCUT2D eigenvalue weighted by Crippen LogP contribution is -2.07. The van der Waals surface area contributed by atoms with Gasteiger partial charge in [-0.1, -0.05) is 12.1 Å². The molecule has 94 valence electrons. The maximum atomic E-state index is 12.2. The third-order valence-corrected chi connectivity index (χ3v) is 2.33. The summed E-state index contributed by atoms with van der Waals surface area (Å²) >= 11 is 5.49. The lowest BCUT2D eigenvalue weighted by atomic mass is 10.1. The van der Waals surface area contributed by atoms with Crippen LogP contribution in [0, 0.1) is 10.1 Å². The Balaban J connectivity index is 3.09. The molecule has 0 amide bonds. The van der Waals surface area contributed by atoms with Crippen molar-refractivity contribution >= 4 is 17.3 Å². The zero-order valence-electron chi connectivity index (χ0n) is 8.74. The Bertz CT molecular complexity index is 401. The number of aryl methyl sites for hydroxylation is 1. The Morgan fingerprint density at radius 2 is 2.18 bits per heavy atom. The van der Waals surface area contributed by atoms with Gasteiger partial charge in [-0.2, -0.15) is 8.78 Å². The summed E-state index contributed by atoms with van der Waals surface area (Å²) in [5.41, 5.74) is -0.0995. The van der Waals surface area contributed by atoms with Gasteiger partial charge in [0, 0.05) is 17.5 Å². The topological polar surface area (TPSA) is 52.4 Å². The highest BCUT2D eigenvalue weighted by atomic mass is 35.5. The maximum Gasteiger partial charge on any atom is 0.387 e. The van der Waals surface area contributed by atoms with Crippen molar-refractivity contribution in [2.24, 2.45) is 0 Å². The fourth-order valence-electron chi connectivity index (χ4n) is 1.39. The SMILES string of the molecule is O=[N+]([O-])c1cccc(CCCCl)c1OC(F)F. The van der Waals surface area contributed by atoms with E-state index in [-0.39, 0.29) is 5.75 Å². The summed E-state index contributed by atoms with van der Waals surface area (Å²) in [4.78, 5) is 9.94. The summed E-state index contributed by atoms with van der Waals surface area (Å²) in [6, 6.07) is 4.07. The van der Waals surface area contributed by atoms with Gasteiger partial charge in [0.15, 0.2) is 0 Å². The Hall–Kier alpha value is -1.43. The van der Waals surface area contributed by atoms with Gasteiger partial charge in [0.05, 0.1) is 4.92 Å². The number of halogens is 3. The molecule has 0 aliphatic heterocycles. The van der Waals surface area contributed by atoms with E-state index in [0.29, 0.717) is 24.3 Å². The maximum absolute atomic E-state index is 12.2. The number of nitro groups is 1. The van der Waals surface area contributed by atoms with Crippen LogP contribution in [-0.2, 0) is 6.42 Å². The number of nitrogens with zero attached hydrogens (tertiary/aromatic N) is 1. The zero-order chi connectivity index (χ0) is 12.8. The monoisotopic (exact) mass is 265 g/mol. The molecule has 0 saturated heterocycles. The molecule has 0 atom stereocenters. The summed E-state index contributed by atoms with van der Waals surface area (Å²) in [6.45, 7) is -3.09. The number of nitro benzene ring substituents is 1. The van der Waals surface area contributed by atoms with Crippen LogP contribution < -0.4 is 4.74 Å². The summed E-state index contributed by atoms with van der Waals surface area (Å²) in [7, 11) is 0. The number of rotatable bonds is 6. The van der Waals surface area contributed by atoms with Gasteiger partial charge in [-0.25, -0.2) is 0 Å². The van der Waals surface area contributed by atoms with Crippen LogP contribution in [0.25, 0.3) is 0 Å². The highest BCUT2D eigenvalue weighted by Crippen LogP contribution is 2.33. The van der Waals surface area contributed by atoms with Crippen LogP contribution in [0.1, 0.15) is 12.0 Å². The van der Waals surface area contributed by atoms with Gasteiger partial charge in [-0.3, -0.25) is 10.1 Å². The highest BCUT2D eigenvalue weighted by Gasteiger charge is 2.21. The van der Waals surface area contributed by atoms with E-state index < -0.39 is 17.2 Å². The van der Waals surface area contributed by atoms with Gasteiger partial charge >= 0.3 is 12.3 Å².